The van der Waals surface area contributed by atoms with Gasteiger partial charge in [-0.25, -0.2) is 4.79 Å². The Morgan fingerprint density at radius 3 is 2.57 bits per heavy atom. The van der Waals surface area contributed by atoms with E-state index in [4.69, 9.17) is 4.74 Å². The predicted octanol–water partition coefficient (Wildman–Crippen LogP) is 2.85. The third-order valence-electron chi connectivity index (χ3n) is 4.15. The average Bonchev–Trinajstić information content (AvgIpc) is 2.48. The van der Waals surface area contributed by atoms with Gasteiger partial charge in [-0.05, 0) is 25.2 Å². The fourth-order valence-electron chi connectivity index (χ4n) is 2.87. The van der Waals surface area contributed by atoms with Gasteiger partial charge in [0.2, 0.25) is 0 Å². The number of esters is 1. The second-order valence-corrected chi connectivity index (χ2v) is 5.94. The van der Waals surface area contributed by atoms with Crippen LogP contribution in [0.4, 0.5) is 4.79 Å². The molecule has 1 fully saturated rings. The lowest BCUT2D eigenvalue weighted by Gasteiger charge is -2.26. The largest absolute Gasteiger partial charge is 0.466 e. The first-order valence-electron chi connectivity index (χ1n) is 8.30. The fourth-order valence-corrected chi connectivity index (χ4v) is 2.87. The summed E-state index contributed by atoms with van der Waals surface area (Å²) in [6, 6.07) is -0.172. The first-order chi connectivity index (χ1) is 10.1. The number of ether oxygens (including phenoxy) is 1. The van der Waals surface area contributed by atoms with Crippen molar-refractivity contribution in [3.63, 3.8) is 0 Å². The van der Waals surface area contributed by atoms with Crippen molar-refractivity contribution in [3.05, 3.63) is 0 Å². The molecule has 0 saturated heterocycles. The van der Waals surface area contributed by atoms with Crippen LogP contribution in [-0.2, 0) is 9.53 Å². The van der Waals surface area contributed by atoms with E-state index in [0.29, 0.717) is 44.4 Å². The highest BCUT2D eigenvalue weighted by molar-refractivity contribution is 5.73. The Bertz CT molecular complexity index is 315. The molecule has 5 heteroatoms. The van der Waals surface area contributed by atoms with Gasteiger partial charge in [-0.3, -0.25) is 4.79 Å². The molecule has 1 aliphatic rings. The first kappa shape index (κ1) is 17.8. The smallest absolute Gasteiger partial charge is 0.314 e. The second kappa shape index (κ2) is 10.5. The normalized spacial score (nSPS) is 17.0. The van der Waals surface area contributed by atoms with Gasteiger partial charge in [-0.1, -0.05) is 39.0 Å². The average molecular weight is 298 g/mol. The van der Waals surface area contributed by atoms with Crippen molar-refractivity contribution in [2.24, 2.45) is 11.8 Å². The number of urea groups is 1. The van der Waals surface area contributed by atoms with Crippen LogP contribution < -0.4 is 10.6 Å². The minimum absolute atomic E-state index is 0.105. The van der Waals surface area contributed by atoms with Gasteiger partial charge in [0.05, 0.1) is 6.61 Å². The van der Waals surface area contributed by atoms with Gasteiger partial charge < -0.3 is 15.4 Å². The van der Waals surface area contributed by atoms with Crippen LogP contribution >= 0.6 is 0 Å². The van der Waals surface area contributed by atoms with Gasteiger partial charge in [0.25, 0.3) is 0 Å². The summed E-state index contributed by atoms with van der Waals surface area (Å²) in [7, 11) is 0. The van der Waals surface area contributed by atoms with Crippen LogP contribution in [0.3, 0.4) is 0 Å². The molecule has 1 rings (SSSR count). The molecular formula is C16H30N2O3. The molecule has 5 nitrogen and oxygen atoms in total. The van der Waals surface area contributed by atoms with Crippen molar-refractivity contribution in [1.82, 2.24) is 10.6 Å². The summed E-state index contributed by atoms with van der Waals surface area (Å²) in [6.45, 7) is 5.54. The van der Waals surface area contributed by atoms with Crippen LogP contribution in [0.1, 0.15) is 58.8 Å². The van der Waals surface area contributed by atoms with Gasteiger partial charge >= 0.3 is 12.0 Å². The van der Waals surface area contributed by atoms with Gasteiger partial charge in [0.15, 0.2) is 0 Å². The number of hydrogen-bond acceptors (Lipinski definition) is 3. The minimum Gasteiger partial charge on any atom is -0.466 e. The van der Waals surface area contributed by atoms with E-state index in [2.05, 4.69) is 17.6 Å². The van der Waals surface area contributed by atoms with E-state index in [0.717, 1.165) is 0 Å². The standard InChI is InChI=1S/C16H30N2O3/c1-3-17-16(20)18-10-7-11-21-15(19)12-13(2)14-8-5-4-6-9-14/h13-14H,3-12H2,1-2H3,(H2,17,18,20). The van der Waals surface area contributed by atoms with Gasteiger partial charge in [0.1, 0.15) is 0 Å². The lowest BCUT2D eigenvalue weighted by Crippen LogP contribution is -2.36. The lowest BCUT2D eigenvalue weighted by molar-refractivity contribution is -0.145. The molecule has 0 aliphatic heterocycles. The molecule has 21 heavy (non-hydrogen) atoms. The number of carbonyl (C=O) groups excluding carboxylic acids is 2. The van der Waals surface area contributed by atoms with Crippen LogP contribution in [0.15, 0.2) is 0 Å². The van der Waals surface area contributed by atoms with Crippen LogP contribution in [0.25, 0.3) is 0 Å². The monoisotopic (exact) mass is 298 g/mol. The van der Waals surface area contributed by atoms with E-state index < -0.39 is 0 Å². The van der Waals surface area contributed by atoms with E-state index in [1.807, 2.05) is 6.92 Å². The van der Waals surface area contributed by atoms with E-state index in [-0.39, 0.29) is 12.0 Å². The Kier molecular flexibility index (Phi) is 8.87. The van der Waals surface area contributed by atoms with Crippen molar-refractivity contribution in [2.75, 3.05) is 19.7 Å². The molecule has 1 atom stereocenters. The van der Waals surface area contributed by atoms with E-state index in [1.54, 1.807) is 0 Å². The number of amides is 2. The zero-order valence-corrected chi connectivity index (χ0v) is 13.5. The van der Waals surface area contributed by atoms with Gasteiger partial charge in [-0.2, -0.15) is 0 Å². The van der Waals surface area contributed by atoms with Crippen molar-refractivity contribution in [3.8, 4) is 0 Å². The Morgan fingerprint density at radius 2 is 1.90 bits per heavy atom. The molecule has 2 N–H and O–H groups in total. The summed E-state index contributed by atoms with van der Waals surface area (Å²) in [5, 5.41) is 5.36. The third kappa shape index (κ3) is 7.93. The zero-order valence-electron chi connectivity index (χ0n) is 13.5. The maximum absolute atomic E-state index is 11.8. The maximum atomic E-state index is 11.8. The van der Waals surface area contributed by atoms with Crippen LogP contribution in [0.2, 0.25) is 0 Å². The van der Waals surface area contributed by atoms with Gasteiger partial charge in [-0.15, -0.1) is 0 Å². The summed E-state index contributed by atoms with van der Waals surface area (Å²) >= 11 is 0. The molecule has 0 spiro atoms. The molecule has 0 bridgehead atoms. The predicted molar refractivity (Wildman–Crippen MR) is 83.0 cm³/mol. The SMILES string of the molecule is CCNC(=O)NCCCOC(=O)CC(C)C1CCCCC1. The third-order valence-corrected chi connectivity index (χ3v) is 4.15. The molecule has 0 heterocycles. The quantitative estimate of drug-likeness (QED) is 0.535. The second-order valence-electron chi connectivity index (χ2n) is 5.94. The first-order valence-corrected chi connectivity index (χ1v) is 8.30. The molecule has 0 aromatic carbocycles. The highest BCUT2D eigenvalue weighted by Crippen LogP contribution is 2.31. The fraction of sp³-hybridized carbons (Fsp3) is 0.875. The van der Waals surface area contributed by atoms with E-state index in [9.17, 15) is 9.59 Å². The van der Waals surface area contributed by atoms with Crippen LogP contribution in [0.5, 0.6) is 0 Å². The minimum atomic E-state index is -0.172. The van der Waals surface area contributed by atoms with Crippen molar-refractivity contribution < 1.29 is 14.3 Å². The Balaban J connectivity index is 2.04. The molecule has 0 aromatic rings. The van der Waals surface area contributed by atoms with Crippen molar-refractivity contribution in [1.29, 1.82) is 0 Å². The number of hydrogen-bond donors (Lipinski definition) is 2. The maximum Gasteiger partial charge on any atom is 0.314 e. The van der Waals surface area contributed by atoms with Crippen molar-refractivity contribution in [2.45, 2.75) is 58.8 Å². The van der Waals surface area contributed by atoms with Crippen LogP contribution in [-0.4, -0.2) is 31.7 Å². The topological polar surface area (TPSA) is 67.4 Å². The van der Waals surface area contributed by atoms with Gasteiger partial charge in [0, 0.05) is 19.5 Å². The molecule has 1 unspecified atom stereocenters. The summed E-state index contributed by atoms with van der Waals surface area (Å²) in [4.78, 5) is 22.9. The van der Waals surface area contributed by atoms with Crippen LogP contribution in [0, 0.1) is 11.8 Å². The molecule has 2 amide bonds. The number of rotatable bonds is 8. The molecule has 0 aromatic heterocycles. The molecule has 1 aliphatic carbocycles. The van der Waals surface area contributed by atoms with E-state index >= 15 is 0 Å². The van der Waals surface area contributed by atoms with Crippen molar-refractivity contribution >= 4 is 12.0 Å². The number of nitrogens with one attached hydrogen (secondary N) is 2. The van der Waals surface area contributed by atoms with E-state index in [1.165, 1.54) is 32.1 Å². The Labute approximate surface area is 128 Å². The zero-order chi connectivity index (χ0) is 15.5. The molecular weight excluding hydrogens is 268 g/mol. The Hall–Kier alpha value is -1.26. The summed E-state index contributed by atoms with van der Waals surface area (Å²) in [5.74, 6) is 1.00. The lowest BCUT2D eigenvalue weighted by atomic mass is 9.79. The summed E-state index contributed by atoms with van der Waals surface area (Å²) < 4.78 is 5.23. The summed E-state index contributed by atoms with van der Waals surface area (Å²) in [5.41, 5.74) is 0. The highest BCUT2D eigenvalue weighted by Gasteiger charge is 2.22. The summed E-state index contributed by atoms with van der Waals surface area (Å²) in [6.07, 6.45) is 7.63. The number of carbonyl (C=O) groups is 2. The highest BCUT2D eigenvalue weighted by atomic mass is 16.5. The molecule has 122 valence electrons. The molecule has 1 saturated carbocycles. The molecule has 0 radical (unpaired) electrons. The Morgan fingerprint density at radius 1 is 1.19 bits per heavy atom.